The van der Waals surface area contributed by atoms with Crippen molar-refractivity contribution in [3.63, 3.8) is 0 Å². The second-order valence-electron chi connectivity index (χ2n) is 4.65. The first-order valence-electron chi connectivity index (χ1n) is 6.55. The van der Waals surface area contributed by atoms with Crippen LogP contribution in [-0.4, -0.2) is 29.9 Å². The molecular formula is C15H19N3O3. The van der Waals surface area contributed by atoms with E-state index in [1.165, 1.54) is 7.11 Å². The van der Waals surface area contributed by atoms with Crippen molar-refractivity contribution in [2.75, 3.05) is 14.2 Å². The fourth-order valence-corrected chi connectivity index (χ4v) is 2.08. The van der Waals surface area contributed by atoms with Crippen molar-refractivity contribution in [3.05, 3.63) is 41.2 Å². The molecule has 0 saturated carbocycles. The summed E-state index contributed by atoms with van der Waals surface area (Å²) in [6, 6.07) is 7.00. The Balaban J connectivity index is 2.08. The Hall–Kier alpha value is -2.50. The summed E-state index contributed by atoms with van der Waals surface area (Å²) in [6.07, 6.45) is 0. The van der Waals surface area contributed by atoms with E-state index >= 15 is 0 Å². The fourth-order valence-electron chi connectivity index (χ4n) is 2.08. The number of carbonyl (C=O) groups is 1. The summed E-state index contributed by atoms with van der Waals surface area (Å²) in [4.78, 5) is 12.2. The third-order valence-corrected chi connectivity index (χ3v) is 3.17. The van der Waals surface area contributed by atoms with Crippen molar-refractivity contribution in [2.24, 2.45) is 7.05 Å². The molecule has 1 N–H and O–H groups in total. The van der Waals surface area contributed by atoms with Gasteiger partial charge in [0.05, 0.1) is 32.2 Å². The van der Waals surface area contributed by atoms with Crippen molar-refractivity contribution >= 4 is 5.91 Å². The van der Waals surface area contributed by atoms with Gasteiger partial charge in [0.15, 0.2) is 11.5 Å². The predicted octanol–water partition coefficient (Wildman–Crippen LogP) is 1.68. The zero-order valence-corrected chi connectivity index (χ0v) is 12.6. The lowest BCUT2D eigenvalue weighted by Crippen LogP contribution is -2.24. The summed E-state index contributed by atoms with van der Waals surface area (Å²) in [7, 11) is 4.95. The van der Waals surface area contributed by atoms with Crippen LogP contribution >= 0.6 is 0 Å². The molecular weight excluding hydrogens is 270 g/mol. The molecule has 0 bridgehead atoms. The van der Waals surface area contributed by atoms with Crippen LogP contribution in [0, 0.1) is 6.92 Å². The third kappa shape index (κ3) is 3.34. The van der Waals surface area contributed by atoms with Crippen LogP contribution < -0.4 is 14.8 Å². The first kappa shape index (κ1) is 14.9. The molecule has 6 heteroatoms. The molecule has 0 unspecified atom stereocenters. The Morgan fingerprint density at radius 3 is 2.52 bits per heavy atom. The highest BCUT2D eigenvalue weighted by Gasteiger charge is 2.11. The number of benzene rings is 1. The van der Waals surface area contributed by atoms with Crippen LogP contribution in [0.15, 0.2) is 24.3 Å². The van der Waals surface area contributed by atoms with Gasteiger partial charge in [-0.1, -0.05) is 0 Å². The Kier molecular flexibility index (Phi) is 4.47. The second kappa shape index (κ2) is 6.30. The molecule has 0 radical (unpaired) electrons. The van der Waals surface area contributed by atoms with E-state index in [2.05, 4.69) is 10.4 Å². The molecule has 0 aliphatic rings. The Bertz CT molecular complexity index is 650. The lowest BCUT2D eigenvalue weighted by Gasteiger charge is -2.10. The van der Waals surface area contributed by atoms with Crippen LogP contribution in [-0.2, 0) is 13.6 Å². The van der Waals surface area contributed by atoms with Gasteiger partial charge in [0.1, 0.15) is 0 Å². The van der Waals surface area contributed by atoms with E-state index in [9.17, 15) is 4.79 Å². The molecule has 0 fully saturated rings. The van der Waals surface area contributed by atoms with Gasteiger partial charge in [-0.15, -0.1) is 0 Å². The van der Waals surface area contributed by atoms with Crippen molar-refractivity contribution in [2.45, 2.75) is 13.5 Å². The lowest BCUT2D eigenvalue weighted by molar-refractivity contribution is 0.0949. The lowest BCUT2D eigenvalue weighted by atomic mass is 10.2. The van der Waals surface area contributed by atoms with Gasteiger partial charge < -0.3 is 14.8 Å². The van der Waals surface area contributed by atoms with Crippen LogP contribution in [0.1, 0.15) is 21.7 Å². The molecule has 1 heterocycles. The molecule has 1 aromatic carbocycles. The molecule has 21 heavy (non-hydrogen) atoms. The van der Waals surface area contributed by atoms with Gasteiger partial charge in [-0.25, -0.2) is 0 Å². The van der Waals surface area contributed by atoms with Crippen molar-refractivity contribution in [1.82, 2.24) is 15.1 Å². The van der Waals surface area contributed by atoms with Crippen molar-refractivity contribution in [3.8, 4) is 11.5 Å². The van der Waals surface area contributed by atoms with E-state index in [-0.39, 0.29) is 5.91 Å². The molecule has 0 atom stereocenters. The SMILES string of the molecule is COc1ccc(C(=O)NCc2cc(C)nn2C)cc1OC. The molecule has 0 spiro atoms. The summed E-state index contributed by atoms with van der Waals surface area (Å²) in [5.74, 6) is 0.952. The number of aryl methyl sites for hydroxylation is 2. The Labute approximate surface area is 123 Å². The van der Waals surface area contributed by atoms with Gasteiger partial charge in [-0.2, -0.15) is 5.10 Å². The normalized spacial score (nSPS) is 10.3. The summed E-state index contributed by atoms with van der Waals surface area (Å²) in [6.45, 7) is 2.34. The van der Waals surface area contributed by atoms with Crippen LogP contribution in [0.5, 0.6) is 11.5 Å². The van der Waals surface area contributed by atoms with Crippen molar-refractivity contribution in [1.29, 1.82) is 0 Å². The van der Waals surface area contributed by atoms with Crippen molar-refractivity contribution < 1.29 is 14.3 Å². The number of rotatable bonds is 5. The highest BCUT2D eigenvalue weighted by molar-refractivity contribution is 5.94. The van der Waals surface area contributed by atoms with Crippen LogP contribution in [0.25, 0.3) is 0 Å². The van der Waals surface area contributed by atoms with Crippen LogP contribution in [0.3, 0.4) is 0 Å². The molecule has 1 amide bonds. The number of carbonyl (C=O) groups excluding carboxylic acids is 1. The van der Waals surface area contributed by atoms with Gasteiger partial charge >= 0.3 is 0 Å². The molecule has 2 aromatic rings. The Morgan fingerprint density at radius 2 is 1.95 bits per heavy atom. The van der Waals surface area contributed by atoms with Gasteiger partial charge in [0.2, 0.25) is 0 Å². The number of amides is 1. The minimum Gasteiger partial charge on any atom is -0.493 e. The van der Waals surface area contributed by atoms with Gasteiger partial charge in [-0.05, 0) is 31.2 Å². The number of nitrogens with one attached hydrogen (secondary N) is 1. The molecule has 0 aliphatic heterocycles. The number of hydrogen-bond acceptors (Lipinski definition) is 4. The maximum Gasteiger partial charge on any atom is 0.251 e. The average Bonchev–Trinajstić information content (AvgIpc) is 2.81. The molecule has 2 rings (SSSR count). The number of methoxy groups -OCH3 is 2. The number of nitrogens with zero attached hydrogens (tertiary/aromatic N) is 2. The highest BCUT2D eigenvalue weighted by atomic mass is 16.5. The Morgan fingerprint density at radius 1 is 1.24 bits per heavy atom. The van der Waals surface area contributed by atoms with E-state index in [4.69, 9.17) is 9.47 Å². The smallest absolute Gasteiger partial charge is 0.251 e. The number of aromatic nitrogens is 2. The van der Waals surface area contributed by atoms with E-state index in [1.807, 2.05) is 20.0 Å². The van der Waals surface area contributed by atoms with E-state index in [0.29, 0.717) is 23.6 Å². The number of hydrogen-bond donors (Lipinski definition) is 1. The van der Waals surface area contributed by atoms with Crippen LogP contribution in [0.4, 0.5) is 0 Å². The molecule has 0 aliphatic carbocycles. The highest BCUT2D eigenvalue weighted by Crippen LogP contribution is 2.27. The average molecular weight is 289 g/mol. The van der Waals surface area contributed by atoms with Crippen LogP contribution in [0.2, 0.25) is 0 Å². The standard InChI is InChI=1S/C15H19N3O3/c1-10-7-12(18(2)17-10)9-16-15(19)11-5-6-13(20-3)14(8-11)21-4/h5-8H,9H2,1-4H3,(H,16,19). The molecule has 1 aromatic heterocycles. The molecule has 6 nitrogen and oxygen atoms in total. The maximum absolute atomic E-state index is 12.2. The quantitative estimate of drug-likeness (QED) is 0.909. The van der Waals surface area contributed by atoms with E-state index < -0.39 is 0 Å². The maximum atomic E-state index is 12.2. The fraction of sp³-hybridized carbons (Fsp3) is 0.333. The predicted molar refractivity (Wildman–Crippen MR) is 78.7 cm³/mol. The van der Waals surface area contributed by atoms with E-state index in [0.717, 1.165) is 11.4 Å². The zero-order chi connectivity index (χ0) is 15.4. The monoisotopic (exact) mass is 289 g/mol. The summed E-state index contributed by atoms with van der Waals surface area (Å²) in [5, 5.41) is 7.10. The largest absolute Gasteiger partial charge is 0.493 e. The summed E-state index contributed by atoms with van der Waals surface area (Å²) in [5.41, 5.74) is 2.39. The van der Waals surface area contributed by atoms with Gasteiger partial charge in [-0.3, -0.25) is 9.48 Å². The summed E-state index contributed by atoms with van der Waals surface area (Å²) >= 11 is 0. The first-order chi connectivity index (χ1) is 10.0. The molecule has 112 valence electrons. The minimum atomic E-state index is -0.171. The summed E-state index contributed by atoms with van der Waals surface area (Å²) < 4.78 is 12.1. The minimum absolute atomic E-state index is 0.171. The second-order valence-corrected chi connectivity index (χ2v) is 4.65. The number of ether oxygens (including phenoxy) is 2. The topological polar surface area (TPSA) is 65.4 Å². The van der Waals surface area contributed by atoms with Gasteiger partial charge in [0, 0.05) is 12.6 Å². The first-order valence-corrected chi connectivity index (χ1v) is 6.55. The third-order valence-electron chi connectivity index (χ3n) is 3.17. The molecule has 0 saturated heterocycles. The zero-order valence-electron chi connectivity index (χ0n) is 12.6. The van der Waals surface area contributed by atoms with Gasteiger partial charge in [0.25, 0.3) is 5.91 Å². The van der Waals surface area contributed by atoms with E-state index in [1.54, 1.807) is 30.0 Å².